The molecule has 0 amide bonds. The van der Waals surface area contributed by atoms with Crippen LogP contribution in [0, 0.1) is 0 Å². The molecule has 2 atom stereocenters. The summed E-state index contributed by atoms with van der Waals surface area (Å²) in [7, 11) is 0. The summed E-state index contributed by atoms with van der Waals surface area (Å²) in [6.07, 6.45) is 5.59. The molecule has 1 nitrogen and oxygen atoms in total. The largest absolute Gasteiger partial charge is 0.394 e. The predicted molar refractivity (Wildman–Crippen MR) is 67.7 cm³/mol. The zero-order chi connectivity index (χ0) is 7.68. The predicted octanol–water partition coefficient (Wildman–Crippen LogP) is 3.61. The lowest BCUT2D eigenvalue weighted by atomic mass is 10.00. The lowest BCUT2D eigenvalue weighted by molar-refractivity contribution is 0.316. The van der Waals surface area contributed by atoms with Crippen molar-refractivity contribution in [2.24, 2.45) is 0 Å². The van der Waals surface area contributed by atoms with E-state index in [1.54, 1.807) is 0 Å². The summed E-state index contributed by atoms with van der Waals surface area (Å²) in [4.78, 5) is 0. The SMILES string of the molecule is C.C.OCC1SC2CCCCC2S1.[HH]. The van der Waals surface area contributed by atoms with Crippen molar-refractivity contribution in [1.29, 1.82) is 0 Å². The molecule has 0 aromatic rings. The third kappa shape index (κ3) is 3.07. The average Bonchev–Trinajstić information content (AvgIpc) is 2.46. The fourth-order valence-corrected chi connectivity index (χ4v) is 5.56. The van der Waals surface area contributed by atoms with Crippen molar-refractivity contribution in [3.63, 3.8) is 0 Å². The van der Waals surface area contributed by atoms with E-state index in [0.29, 0.717) is 11.2 Å². The Bertz CT molecular complexity index is 132. The summed E-state index contributed by atoms with van der Waals surface area (Å²) in [5, 5.41) is 10.7. The summed E-state index contributed by atoms with van der Waals surface area (Å²) in [6, 6.07) is 0. The number of aliphatic hydroxyl groups excluding tert-OH is 1. The summed E-state index contributed by atoms with van der Waals surface area (Å²) in [5.74, 6) is 0. The van der Waals surface area contributed by atoms with Crippen molar-refractivity contribution in [1.82, 2.24) is 0 Å². The quantitative estimate of drug-likeness (QED) is 0.735. The molecule has 0 spiro atoms. The van der Waals surface area contributed by atoms with Gasteiger partial charge in [0.15, 0.2) is 0 Å². The van der Waals surface area contributed by atoms with E-state index < -0.39 is 0 Å². The van der Waals surface area contributed by atoms with Crippen LogP contribution < -0.4 is 0 Å². The molecule has 1 aliphatic carbocycles. The molecule has 2 rings (SSSR count). The molecule has 1 N–H and O–H groups in total. The Morgan fingerprint density at radius 1 is 1.08 bits per heavy atom. The number of rotatable bonds is 1. The highest BCUT2D eigenvalue weighted by Crippen LogP contribution is 2.49. The fraction of sp³-hybridized carbons (Fsp3) is 1.00. The second kappa shape index (κ2) is 6.20. The average molecular weight is 224 g/mol. The summed E-state index contributed by atoms with van der Waals surface area (Å²) in [6.45, 7) is 0.363. The standard InChI is InChI=1S/C8H14OS2.2CH4.H2/c9-5-8-10-6-3-1-2-4-7(6)11-8;;;/h6-9H,1-5H2;2*1H4;1H. The molecule has 2 fully saturated rings. The Labute approximate surface area is 92.5 Å². The van der Waals surface area contributed by atoms with Gasteiger partial charge in [0, 0.05) is 11.9 Å². The van der Waals surface area contributed by atoms with Crippen molar-refractivity contribution >= 4 is 23.5 Å². The monoisotopic (exact) mass is 224 g/mol. The Kier molecular flexibility index (Phi) is 6.52. The Balaban J connectivity index is 0. The molecule has 0 bridgehead atoms. The van der Waals surface area contributed by atoms with E-state index in [9.17, 15) is 0 Å². The maximum atomic E-state index is 8.97. The van der Waals surface area contributed by atoms with Crippen molar-refractivity contribution in [2.75, 3.05) is 6.61 Å². The topological polar surface area (TPSA) is 20.2 Å². The third-order valence-electron chi connectivity index (χ3n) is 2.44. The second-order valence-electron chi connectivity index (χ2n) is 3.25. The fourth-order valence-electron chi connectivity index (χ4n) is 1.88. The van der Waals surface area contributed by atoms with E-state index in [0.717, 1.165) is 10.5 Å². The number of hydrogen-bond acceptors (Lipinski definition) is 3. The summed E-state index contributed by atoms with van der Waals surface area (Å²) in [5.41, 5.74) is 0. The minimum atomic E-state index is 0. The molecule has 0 aromatic carbocycles. The third-order valence-corrected chi connectivity index (χ3v) is 6.02. The van der Waals surface area contributed by atoms with Gasteiger partial charge in [0.25, 0.3) is 0 Å². The van der Waals surface area contributed by atoms with Crippen molar-refractivity contribution in [2.45, 2.75) is 55.6 Å². The maximum Gasteiger partial charge on any atom is 0.0739 e. The van der Waals surface area contributed by atoms with Gasteiger partial charge in [-0.25, -0.2) is 0 Å². The van der Waals surface area contributed by atoms with Crippen LogP contribution in [-0.2, 0) is 0 Å². The van der Waals surface area contributed by atoms with Crippen LogP contribution in [0.1, 0.15) is 42.0 Å². The van der Waals surface area contributed by atoms with Gasteiger partial charge in [0.2, 0.25) is 0 Å². The van der Waals surface area contributed by atoms with Crippen LogP contribution in [0.3, 0.4) is 0 Å². The van der Waals surface area contributed by atoms with Gasteiger partial charge in [-0.1, -0.05) is 27.7 Å². The van der Waals surface area contributed by atoms with Crippen molar-refractivity contribution < 1.29 is 6.53 Å². The first-order chi connectivity index (χ1) is 5.40. The van der Waals surface area contributed by atoms with Gasteiger partial charge in [-0.05, 0) is 12.8 Å². The first kappa shape index (κ1) is 13.7. The minimum absolute atomic E-state index is 0. The van der Waals surface area contributed by atoms with Crippen LogP contribution in [0.15, 0.2) is 0 Å². The summed E-state index contributed by atoms with van der Waals surface area (Å²) >= 11 is 4.02. The summed E-state index contributed by atoms with van der Waals surface area (Å²) < 4.78 is 0.489. The number of fused-ring (bicyclic) bond motifs is 1. The molecule has 3 heteroatoms. The first-order valence-electron chi connectivity index (χ1n) is 4.32. The van der Waals surface area contributed by atoms with Crippen molar-refractivity contribution in [3.8, 4) is 0 Å². The lowest BCUT2D eigenvalue weighted by Crippen LogP contribution is -2.19. The molecule has 2 unspecified atom stereocenters. The molecule has 2 aliphatic rings. The van der Waals surface area contributed by atoms with Gasteiger partial charge in [0.05, 0.1) is 11.2 Å². The maximum absolute atomic E-state index is 8.97. The molecule has 1 saturated heterocycles. The first-order valence-corrected chi connectivity index (χ1v) is 6.20. The van der Waals surface area contributed by atoms with E-state index in [1.807, 2.05) is 23.5 Å². The Hall–Kier alpha value is 0.660. The van der Waals surface area contributed by atoms with Crippen LogP contribution >= 0.6 is 23.5 Å². The lowest BCUT2D eigenvalue weighted by Gasteiger charge is -2.22. The molecule has 13 heavy (non-hydrogen) atoms. The minimum Gasteiger partial charge on any atom is -0.394 e. The van der Waals surface area contributed by atoms with E-state index in [-0.39, 0.29) is 16.3 Å². The van der Waals surface area contributed by atoms with Crippen LogP contribution in [0.4, 0.5) is 0 Å². The molecule has 1 aliphatic heterocycles. The van der Waals surface area contributed by atoms with Gasteiger partial charge in [-0.15, -0.1) is 23.5 Å². The highest BCUT2D eigenvalue weighted by Gasteiger charge is 2.36. The Morgan fingerprint density at radius 2 is 1.54 bits per heavy atom. The van der Waals surface area contributed by atoms with E-state index in [4.69, 9.17) is 5.11 Å². The molecule has 1 saturated carbocycles. The molecular weight excluding hydrogens is 200 g/mol. The smallest absolute Gasteiger partial charge is 0.0739 e. The number of aliphatic hydroxyl groups is 1. The van der Waals surface area contributed by atoms with Gasteiger partial charge in [-0.2, -0.15) is 0 Å². The molecule has 0 radical (unpaired) electrons. The van der Waals surface area contributed by atoms with Crippen LogP contribution in [-0.4, -0.2) is 26.8 Å². The van der Waals surface area contributed by atoms with Crippen molar-refractivity contribution in [3.05, 3.63) is 0 Å². The molecule has 82 valence electrons. The van der Waals surface area contributed by atoms with Gasteiger partial charge >= 0.3 is 0 Å². The molecule has 1 heterocycles. The molecular formula is C10H24OS2. The van der Waals surface area contributed by atoms with Crippen LogP contribution in [0.2, 0.25) is 0 Å². The highest BCUT2D eigenvalue weighted by molar-refractivity contribution is 8.20. The molecule has 0 aromatic heterocycles. The van der Waals surface area contributed by atoms with E-state index in [1.165, 1.54) is 25.7 Å². The van der Waals surface area contributed by atoms with Gasteiger partial charge in [-0.3, -0.25) is 0 Å². The zero-order valence-electron chi connectivity index (χ0n) is 6.53. The normalized spacial score (nSPS) is 37.2. The van der Waals surface area contributed by atoms with E-state index >= 15 is 0 Å². The van der Waals surface area contributed by atoms with E-state index in [2.05, 4.69) is 0 Å². The highest BCUT2D eigenvalue weighted by atomic mass is 32.2. The number of hydrogen-bond donors (Lipinski definition) is 1. The van der Waals surface area contributed by atoms with Crippen LogP contribution in [0.25, 0.3) is 0 Å². The van der Waals surface area contributed by atoms with Crippen LogP contribution in [0.5, 0.6) is 0 Å². The van der Waals surface area contributed by atoms with Gasteiger partial charge < -0.3 is 5.11 Å². The Morgan fingerprint density at radius 3 is 1.92 bits per heavy atom. The second-order valence-corrected chi connectivity index (χ2v) is 6.44. The van der Waals surface area contributed by atoms with Gasteiger partial charge in [0.1, 0.15) is 0 Å². The zero-order valence-corrected chi connectivity index (χ0v) is 8.16. The number of thioether (sulfide) groups is 2.